The topological polar surface area (TPSA) is 55.3 Å². The van der Waals surface area contributed by atoms with E-state index >= 15 is 0 Å². The Labute approximate surface area is 94.4 Å². The highest BCUT2D eigenvalue weighted by Gasteiger charge is 2.26. The zero-order chi connectivity index (χ0) is 11.4. The van der Waals surface area contributed by atoms with Crippen LogP contribution < -0.4 is 4.74 Å². The molecule has 1 saturated heterocycles. The fourth-order valence-electron chi connectivity index (χ4n) is 1.80. The largest absolute Gasteiger partial charge is 0.471 e. The number of carbonyl (C=O) groups is 1. The van der Waals surface area contributed by atoms with E-state index in [1.54, 1.807) is 18.3 Å². The zero-order valence-corrected chi connectivity index (χ0v) is 9.30. The highest BCUT2D eigenvalue weighted by Crippen LogP contribution is 2.16. The number of aromatic nitrogens is 2. The number of hydrogen-bond donors (Lipinski definition) is 0. The van der Waals surface area contributed by atoms with E-state index in [9.17, 15) is 4.79 Å². The predicted molar refractivity (Wildman–Crippen MR) is 57.9 cm³/mol. The molecule has 0 spiro atoms. The van der Waals surface area contributed by atoms with Crippen molar-refractivity contribution >= 4 is 5.91 Å². The van der Waals surface area contributed by atoms with Gasteiger partial charge in [-0.15, -0.1) is 5.10 Å². The van der Waals surface area contributed by atoms with Gasteiger partial charge >= 0.3 is 0 Å². The average molecular weight is 221 g/mol. The van der Waals surface area contributed by atoms with Gasteiger partial charge in [-0.2, -0.15) is 5.10 Å². The van der Waals surface area contributed by atoms with Crippen LogP contribution >= 0.6 is 0 Å². The van der Waals surface area contributed by atoms with Crippen molar-refractivity contribution in [1.29, 1.82) is 0 Å². The summed E-state index contributed by atoms with van der Waals surface area (Å²) in [6.07, 6.45) is 3.07. The molecule has 1 aromatic rings. The van der Waals surface area contributed by atoms with E-state index in [0.717, 1.165) is 13.0 Å². The third kappa shape index (κ3) is 2.48. The normalized spacial score (nSPS) is 19.8. The molecule has 0 radical (unpaired) electrons. The van der Waals surface area contributed by atoms with E-state index in [-0.39, 0.29) is 12.0 Å². The predicted octanol–water partition coefficient (Wildman–Crippen LogP) is 0.866. The fraction of sp³-hybridized carbons (Fsp3) is 0.545. The van der Waals surface area contributed by atoms with Gasteiger partial charge in [0.1, 0.15) is 6.10 Å². The van der Waals surface area contributed by atoms with Gasteiger partial charge in [-0.1, -0.05) is 6.92 Å². The molecule has 5 heteroatoms. The molecule has 2 rings (SSSR count). The number of likely N-dealkylation sites (tertiary alicyclic amines) is 1. The summed E-state index contributed by atoms with van der Waals surface area (Å²) >= 11 is 0. The van der Waals surface area contributed by atoms with Gasteiger partial charge in [-0.3, -0.25) is 4.79 Å². The Hall–Kier alpha value is -1.65. The molecule has 1 aromatic heterocycles. The Kier molecular flexibility index (Phi) is 3.34. The summed E-state index contributed by atoms with van der Waals surface area (Å²) in [5, 5.41) is 7.60. The van der Waals surface area contributed by atoms with Gasteiger partial charge in [0, 0.05) is 31.6 Å². The van der Waals surface area contributed by atoms with E-state index in [1.807, 2.05) is 11.8 Å². The second kappa shape index (κ2) is 4.92. The van der Waals surface area contributed by atoms with E-state index in [4.69, 9.17) is 4.74 Å². The van der Waals surface area contributed by atoms with Crippen LogP contribution in [0.4, 0.5) is 0 Å². The molecule has 0 aromatic carbocycles. The van der Waals surface area contributed by atoms with Crippen molar-refractivity contribution in [2.45, 2.75) is 25.9 Å². The number of rotatable bonds is 3. The molecule has 0 bridgehead atoms. The van der Waals surface area contributed by atoms with Crippen LogP contribution in [0.3, 0.4) is 0 Å². The first-order valence-corrected chi connectivity index (χ1v) is 5.51. The van der Waals surface area contributed by atoms with Crippen LogP contribution in [0.25, 0.3) is 0 Å². The van der Waals surface area contributed by atoms with Crippen molar-refractivity contribution in [3.8, 4) is 5.88 Å². The van der Waals surface area contributed by atoms with Crippen LogP contribution in [0.15, 0.2) is 18.3 Å². The van der Waals surface area contributed by atoms with Crippen LogP contribution in [0, 0.1) is 0 Å². The Morgan fingerprint density at radius 3 is 3.25 bits per heavy atom. The van der Waals surface area contributed by atoms with Crippen molar-refractivity contribution in [3.05, 3.63) is 18.3 Å². The molecule has 1 aliphatic rings. The summed E-state index contributed by atoms with van der Waals surface area (Å²) in [6.45, 7) is 3.31. The van der Waals surface area contributed by atoms with Gasteiger partial charge in [-0.25, -0.2) is 0 Å². The SMILES string of the molecule is CCC(=O)N1CCC(Oc2cccnn2)C1. The summed E-state index contributed by atoms with van der Waals surface area (Å²) in [5.74, 6) is 0.712. The molecule has 1 unspecified atom stereocenters. The lowest BCUT2D eigenvalue weighted by molar-refractivity contribution is -0.130. The molecule has 1 aliphatic heterocycles. The molecule has 1 fully saturated rings. The minimum atomic E-state index is 0.0483. The number of carbonyl (C=O) groups excluding carboxylic acids is 1. The van der Waals surface area contributed by atoms with Gasteiger partial charge in [0.2, 0.25) is 11.8 Å². The van der Waals surface area contributed by atoms with E-state index in [0.29, 0.717) is 18.8 Å². The quantitative estimate of drug-likeness (QED) is 0.759. The molecule has 0 aliphatic carbocycles. The zero-order valence-electron chi connectivity index (χ0n) is 9.30. The Bertz CT molecular complexity index is 356. The third-order valence-electron chi connectivity index (χ3n) is 2.64. The van der Waals surface area contributed by atoms with Crippen LogP contribution in [-0.2, 0) is 4.79 Å². The Morgan fingerprint density at radius 2 is 2.56 bits per heavy atom. The summed E-state index contributed by atoms with van der Waals surface area (Å²) < 4.78 is 5.63. The molecule has 0 saturated carbocycles. The van der Waals surface area contributed by atoms with Crippen molar-refractivity contribution in [2.24, 2.45) is 0 Å². The highest BCUT2D eigenvalue weighted by atomic mass is 16.5. The third-order valence-corrected chi connectivity index (χ3v) is 2.64. The first kappa shape index (κ1) is 10.9. The van der Waals surface area contributed by atoms with Crippen molar-refractivity contribution in [2.75, 3.05) is 13.1 Å². The molecule has 0 N–H and O–H groups in total. The first-order chi connectivity index (χ1) is 7.79. The standard InChI is InChI=1S/C11H15N3O2/c1-2-11(15)14-7-5-9(8-14)16-10-4-3-6-12-13-10/h3-4,6,9H,2,5,7-8H2,1H3. The van der Waals surface area contributed by atoms with Crippen molar-refractivity contribution < 1.29 is 9.53 Å². The smallest absolute Gasteiger partial charge is 0.233 e. The molecular weight excluding hydrogens is 206 g/mol. The second-order valence-corrected chi connectivity index (χ2v) is 3.78. The van der Waals surface area contributed by atoms with Gasteiger partial charge in [0.15, 0.2) is 0 Å². The Morgan fingerprint density at radius 1 is 1.69 bits per heavy atom. The maximum Gasteiger partial charge on any atom is 0.233 e. The first-order valence-electron chi connectivity index (χ1n) is 5.51. The lowest BCUT2D eigenvalue weighted by Gasteiger charge is -2.15. The number of ether oxygens (including phenoxy) is 1. The summed E-state index contributed by atoms with van der Waals surface area (Å²) in [5.41, 5.74) is 0. The molecule has 86 valence electrons. The number of amides is 1. The average Bonchev–Trinajstić information content (AvgIpc) is 2.78. The lowest BCUT2D eigenvalue weighted by Crippen LogP contribution is -2.30. The summed E-state index contributed by atoms with van der Waals surface area (Å²) in [6, 6.07) is 3.56. The van der Waals surface area contributed by atoms with Crippen molar-refractivity contribution in [1.82, 2.24) is 15.1 Å². The highest BCUT2D eigenvalue weighted by molar-refractivity contribution is 5.76. The maximum atomic E-state index is 11.5. The Balaban J connectivity index is 1.88. The van der Waals surface area contributed by atoms with E-state index in [2.05, 4.69) is 10.2 Å². The number of nitrogens with zero attached hydrogens (tertiary/aromatic N) is 3. The number of hydrogen-bond acceptors (Lipinski definition) is 4. The maximum absolute atomic E-state index is 11.5. The second-order valence-electron chi connectivity index (χ2n) is 3.78. The fourth-order valence-corrected chi connectivity index (χ4v) is 1.80. The molecule has 2 heterocycles. The van der Waals surface area contributed by atoms with E-state index in [1.165, 1.54) is 0 Å². The van der Waals surface area contributed by atoms with Gasteiger partial charge < -0.3 is 9.64 Å². The molecule has 16 heavy (non-hydrogen) atoms. The van der Waals surface area contributed by atoms with Crippen LogP contribution in [-0.4, -0.2) is 40.2 Å². The molecule has 5 nitrogen and oxygen atoms in total. The van der Waals surface area contributed by atoms with Gasteiger partial charge in [0.05, 0.1) is 6.54 Å². The van der Waals surface area contributed by atoms with Gasteiger partial charge in [0.25, 0.3) is 0 Å². The minimum Gasteiger partial charge on any atom is -0.471 e. The van der Waals surface area contributed by atoms with Crippen LogP contribution in [0.5, 0.6) is 5.88 Å². The minimum absolute atomic E-state index is 0.0483. The monoisotopic (exact) mass is 221 g/mol. The van der Waals surface area contributed by atoms with Crippen molar-refractivity contribution in [3.63, 3.8) is 0 Å². The molecule has 1 atom stereocenters. The summed E-state index contributed by atoms with van der Waals surface area (Å²) in [7, 11) is 0. The van der Waals surface area contributed by atoms with Crippen LogP contribution in [0.2, 0.25) is 0 Å². The van der Waals surface area contributed by atoms with E-state index < -0.39 is 0 Å². The molecular formula is C11H15N3O2. The molecule has 1 amide bonds. The van der Waals surface area contributed by atoms with Gasteiger partial charge in [-0.05, 0) is 6.07 Å². The lowest BCUT2D eigenvalue weighted by atomic mass is 10.3. The summed E-state index contributed by atoms with van der Waals surface area (Å²) in [4.78, 5) is 13.3. The van der Waals surface area contributed by atoms with Crippen LogP contribution in [0.1, 0.15) is 19.8 Å².